The maximum Gasteiger partial charge on any atom is 0.250 e. The minimum absolute atomic E-state index is 0.0678. The summed E-state index contributed by atoms with van der Waals surface area (Å²) in [6.07, 6.45) is 1.54. The van der Waals surface area contributed by atoms with Crippen molar-refractivity contribution in [2.45, 2.75) is 19.9 Å². The van der Waals surface area contributed by atoms with Crippen LogP contribution in [0.25, 0.3) is 0 Å². The Bertz CT molecular complexity index is 439. The summed E-state index contributed by atoms with van der Waals surface area (Å²) in [7, 11) is 0. The van der Waals surface area contributed by atoms with E-state index >= 15 is 0 Å². The number of halogens is 1. The van der Waals surface area contributed by atoms with Crippen LogP contribution in [0, 0.1) is 5.92 Å². The molecule has 1 unspecified atom stereocenters. The van der Waals surface area contributed by atoms with Crippen LogP contribution < -0.4 is 5.32 Å². The molecule has 1 aliphatic rings. The summed E-state index contributed by atoms with van der Waals surface area (Å²) < 4.78 is 0. The molecule has 0 aliphatic carbocycles. The van der Waals surface area contributed by atoms with Crippen molar-refractivity contribution in [3.05, 3.63) is 29.0 Å². The predicted octanol–water partition coefficient (Wildman–Crippen LogP) is 1.64. The van der Waals surface area contributed by atoms with E-state index in [0.717, 1.165) is 0 Å². The Labute approximate surface area is 98.7 Å². The van der Waals surface area contributed by atoms with Crippen molar-refractivity contribution in [1.29, 1.82) is 0 Å². The number of hydrogen-bond donors (Lipinski definition) is 1. The molecule has 1 aromatic heterocycles. The Morgan fingerprint density at radius 2 is 2.19 bits per heavy atom. The molecule has 1 aromatic rings. The van der Waals surface area contributed by atoms with Gasteiger partial charge in [-0.1, -0.05) is 25.4 Å². The van der Waals surface area contributed by atoms with Crippen LogP contribution in [0.15, 0.2) is 23.3 Å². The normalized spacial score (nSPS) is 19.9. The number of carbonyl (C=O) groups is 1. The lowest BCUT2D eigenvalue weighted by atomic mass is 10.1. The Kier molecular flexibility index (Phi) is 2.92. The number of nitrogens with one attached hydrogen (secondary N) is 1. The first-order chi connectivity index (χ1) is 7.58. The van der Waals surface area contributed by atoms with Gasteiger partial charge in [-0.2, -0.15) is 0 Å². The van der Waals surface area contributed by atoms with Crippen LogP contribution >= 0.6 is 11.6 Å². The molecule has 4 nitrogen and oxygen atoms in total. The molecule has 1 amide bonds. The van der Waals surface area contributed by atoms with E-state index in [1.54, 1.807) is 12.1 Å². The lowest BCUT2D eigenvalue weighted by molar-refractivity contribution is -0.120. The highest BCUT2D eigenvalue weighted by molar-refractivity contribution is 6.30. The van der Waals surface area contributed by atoms with Gasteiger partial charge in [-0.3, -0.25) is 14.8 Å². The van der Waals surface area contributed by atoms with E-state index in [1.165, 1.54) is 6.20 Å². The van der Waals surface area contributed by atoms with Crippen molar-refractivity contribution >= 4 is 23.3 Å². The number of rotatable bonds is 2. The molecular formula is C11H12ClN3O. The zero-order valence-corrected chi connectivity index (χ0v) is 9.82. The van der Waals surface area contributed by atoms with Crippen LogP contribution in [0.2, 0.25) is 5.02 Å². The quantitative estimate of drug-likeness (QED) is 0.850. The van der Waals surface area contributed by atoms with Gasteiger partial charge in [0.05, 0.1) is 5.02 Å². The average Bonchev–Trinajstić information content (AvgIpc) is 2.61. The van der Waals surface area contributed by atoms with Gasteiger partial charge in [0.15, 0.2) is 5.84 Å². The van der Waals surface area contributed by atoms with Gasteiger partial charge in [-0.25, -0.2) is 0 Å². The fraction of sp³-hybridized carbons (Fsp3) is 0.364. The molecule has 0 aromatic carbocycles. The summed E-state index contributed by atoms with van der Waals surface area (Å²) in [5.74, 6) is 0.645. The van der Waals surface area contributed by atoms with Crippen molar-refractivity contribution < 1.29 is 4.79 Å². The molecule has 0 radical (unpaired) electrons. The monoisotopic (exact) mass is 237 g/mol. The molecule has 0 saturated carbocycles. The first-order valence-electron chi connectivity index (χ1n) is 5.08. The molecule has 0 saturated heterocycles. The third-order valence-corrected chi connectivity index (χ3v) is 2.60. The molecule has 1 N–H and O–H groups in total. The molecule has 2 rings (SSSR count). The highest BCUT2D eigenvalue weighted by Crippen LogP contribution is 2.14. The summed E-state index contributed by atoms with van der Waals surface area (Å²) in [4.78, 5) is 20.0. The highest BCUT2D eigenvalue weighted by atomic mass is 35.5. The van der Waals surface area contributed by atoms with Gasteiger partial charge in [-0.05, 0) is 18.1 Å². The van der Waals surface area contributed by atoms with E-state index < -0.39 is 0 Å². The topological polar surface area (TPSA) is 54.4 Å². The second kappa shape index (κ2) is 4.22. The number of hydrogen-bond acceptors (Lipinski definition) is 3. The fourth-order valence-corrected chi connectivity index (χ4v) is 1.63. The van der Waals surface area contributed by atoms with Gasteiger partial charge in [0, 0.05) is 6.20 Å². The van der Waals surface area contributed by atoms with Crippen LogP contribution in [0.1, 0.15) is 19.5 Å². The van der Waals surface area contributed by atoms with Crippen LogP contribution in [0.4, 0.5) is 0 Å². The number of aromatic nitrogens is 1. The van der Waals surface area contributed by atoms with Gasteiger partial charge in [0.2, 0.25) is 0 Å². The molecule has 0 spiro atoms. The number of aliphatic imine (C=N–C) groups is 1. The molecular weight excluding hydrogens is 226 g/mol. The van der Waals surface area contributed by atoms with Gasteiger partial charge >= 0.3 is 0 Å². The third kappa shape index (κ3) is 2.07. The van der Waals surface area contributed by atoms with Gasteiger partial charge in [0.25, 0.3) is 5.91 Å². The van der Waals surface area contributed by atoms with Crippen LogP contribution in [-0.2, 0) is 4.79 Å². The number of carbonyl (C=O) groups excluding carboxylic acids is 1. The Balaban J connectivity index is 2.27. The van der Waals surface area contributed by atoms with Crippen LogP contribution in [0.5, 0.6) is 0 Å². The van der Waals surface area contributed by atoms with Crippen molar-refractivity contribution in [3.8, 4) is 0 Å². The van der Waals surface area contributed by atoms with Crippen LogP contribution in [0.3, 0.4) is 0 Å². The summed E-state index contributed by atoms with van der Waals surface area (Å²) in [6, 6.07) is 3.15. The summed E-state index contributed by atoms with van der Waals surface area (Å²) in [5, 5.41) is 3.29. The second-order valence-corrected chi connectivity index (χ2v) is 4.45. The maximum atomic E-state index is 11.6. The van der Waals surface area contributed by atoms with Gasteiger partial charge in [-0.15, -0.1) is 0 Å². The van der Waals surface area contributed by atoms with E-state index in [9.17, 15) is 4.79 Å². The molecule has 0 bridgehead atoms. The molecule has 1 aliphatic heterocycles. The predicted molar refractivity (Wildman–Crippen MR) is 62.6 cm³/mol. The standard InChI is InChI=1S/C11H12ClN3O/c1-6(2)9-11(16)15-10(14-9)8-4-3-7(12)5-13-8/h3-6,9H,1-2H3,(H,14,15,16). The Hall–Kier alpha value is -1.42. The van der Waals surface area contributed by atoms with Crippen molar-refractivity contribution in [3.63, 3.8) is 0 Å². The molecule has 16 heavy (non-hydrogen) atoms. The first kappa shape index (κ1) is 11.1. The summed E-state index contributed by atoms with van der Waals surface area (Å²) >= 11 is 5.74. The smallest absolute Gasteiger partial charge is 0.250 e. The summed E-state index contributed by atoms with van der Waals surface area (Å²) in [6.45, 7) is 3.93. The minimum atomic E-state index is -0.313. The highest BCUT2D eigenvalue weighted by Gasteiger charge is 2.29. The fourth-order valence-electron chi connectivity index (χ4n) is 1.52. The zero-order valence-electron chi connectivity index (χ0n) is 9.07. The van der Waals surface area contributed by atoms with Gasteiger partial charge in [0.1, 0.15) is 11.7 Å². The Morgan fingerprint density at radius 1 is 1.44 bits per heavy atom. The molecule has 2 heterocycles. The van der Waals surface area contributed by atoms with E-state index in [-0.39, 0.29) is 17.9 Å². The van der Waals surface area contributed by atoms with Crippen LogP contribution in [-0.4, -0.2) is 22.8 Å². The Morgan fingerprint density at radius 3 is 2.69 bits per heavy atom. The van der Waals surface area contributed by atoms with E-state index in [1.807, 2.05) is 13.8 Å². The number of amides is 1. The van der Waals surface area contributed by atoms with E-state index in [0.29, 0.717) is 16.6 Å². The van der Waals surface area contributed by atoms with Crippen molar-refractivity contribution in [2.75, 3.05) is 0 Å². The lowest BCUT2D eigenvalue weighted by Crippen LogP contribution is -2.31. The first-order valence-corrected chi connectivity index (χ1v) is 5.46. The SMILES string of the molecule is CC(C)C1N=C(c2ccc(Cl)cn2)NC1=O. The lowest BCUT2D eigenvalue weighted by Gasteiger charge is -2.06. The van der Waals surface area contributed by atoms with Crippen molar-refractivity contribution in [2.24, 2.45) is 10.9 Å². The average molecular weight is 238 g/mol. The number of pyridine rings is 1. The molecule has 5 heteroatoms. The minimum Gasteiger partial charge on any atom is -0.307 e. The molecule has 84 valence electrons. The van der Waals surface area contributed by atoms with Gasteiger partial charge < -0.3 is 5.32 Å². The zero-order chi connectivity index (χ0) is 11.7. The van der Waals surface area contributed by atoms with E-state index in [4.69, 9.17) is 11.6 Å². The number of nitrogens with zero attached hydrogens (tertiary/aromatic N) is 2. The second-order valence-electron chi connectivity index (χ2n) is 4.02. The largest absolute Gasteiger partial charge is 0.307 e. The molecule has 0 fully saturated rings. The van der Waals surface area contributed by atoms with Crippen molar-refractivity contribution in [1.82, 2.24) is 10.3 Å². The molecule has 1 atom stereocenters. The third-order valence-electron chi connectivity index (χ3n) is 2.38. The maximum absolute atomic E-state index is 11.6. The summed E-state index contributed by atoms with van der Waals surface area (Å²) in [5.41, 5.74) is 0.640. The van der Waals surface area contributed by atoms with E-state index in [2.05, 4.69) is 15.3 Å². The number of amidine groups is 1.